The highest BCUT2D eigenvalue weighted by Gasteiger charge is 2.24. The van der Waals surface area contributed by atoms with Crippen molar-refractivity contribution in [2.24, 2.45) is 0 Å². The van der Waals surface area contributed by atoms with Crippen LogP contribution in [0.4, 0.5) is 0 Å². The summed E-state index contributed by atoms with van der Waals surface area (Å²) in [7, 11) is 0. The lowest BCUT2D eigenvalue weighted by Crippen LogP contribution is -2.17. The first-order valence-corrected chi connectivity index (χ1v) is 7.91. The van der Waals surface area contributed by atoms with Crippen molar-refractivity contribution in [2.75, 3.05) is 0 Å². The first-order valence-electron chi connectivity index (χ1n) is 7.11. The van der Waals surface area contributed by atoms with Gasteiger partial charge in [0.2, 0.25) is 0 Å². The van der Waals surface area contributed by atoms with Crippen molar-refractivity contribution < 1.29 is 10.2 Å². The Morgan fingerprint density at radius 2 is 1.59 bits per heavy atom. The molecule has 0 aromatic heterocycles. The van der Waals surface area contributed by atoms with Gasteiger partial charge in [-0.15, -0.1) is 0 Å². The second-order valence-electron chi connectivity index (χ2n) is 5.93. The van der Waals surface area contributed by atoms with Crippen molar-refractivity contribution in [1.29, 1.82) is 0 Å². The lowest BCUT2D eigenvalue weighted by Gasteiger charge is -2.24. The molecule has 0 aliphatic rings. The number of fused-ring (bicyclic) bond motifs is 1. The average Bonchev–Trinajstić information content (AvgIpc) is 2.47. The summed E-state index contributed by atoms with van der Waals surface area (Å²) in [4.78, 5) is 0. The van der Waals surface area contributed by atoms with Crippen molar-refractivity contribution in [1.82, 2.24) is 0 Å². The summed E-state index contributed by atoms with van der Waals surface area (Å²) >= 11 is 3.44. The number of aromatic hydroxyl groups is 1. The molecule has 0 saturated carbocycles. The molecule has 3 heteroatoms. The average molecular weight is 357 g/mol. The van der Waals surface area contributed by atoms with Gasteiger partial charge in [0, 0.05) is 9.86 Å². The zero-order valence-electron chi connectivity index (χ0n) is 12.5. The Hall–Kier alpha value is -1.84. The van der Waals surface area contributed by atoms with Gasteiger partial charge in [-0.25, -0.2) is 0 Å². The second kappa shape index (κ2) is 5.41. The highest BCUT2D eigenvalue weighted by molar-refractivity contribution is 9.10. The molecule has 0 aliphatic heterocycles. The fourth-order valence-corrected chi connectivity index (χ4v) is 3.14. The SMILES string of the molecule is CC(C)(O)c1cc(O)c2cc(Br)ccc2c1-c1ccccc1. The molecular weight excluding hydrogens is 340 g/mol. The van der Waals surface area contributed by atoms with Crippen molar-refractivity contribution in [2.45, 2.75) is 19.4 Å². The van der Waals surface area contributed by atoms with E-state index in [1.54, 1.807) is 19.9 Å². The summed E-state index contributed by atoms with van der Waals surface area (Å²) in [5, 5.41) is 22.6. The second-order valence-corrected chi connectivity index (χ2v) is 6.85. The Morgan fingerprint density at radius 3 is 2.23 bits per heavy atom. The van der Waals surface area contributed by atoms with Gasteiger partial charge < -0.3 is 10.2 Å². The van der Waals surface area contributed by atoms with Crippen LogP contribution in [0.3, 0.4) is 0 Å². The summed E-state index contributed by atoms with van der Waals surface area (Å²) < 4.78 is 0.908. The maximum Gasteiger partial charge on any atom is 0.123 e. The summed E-state index contributed by atoms with van der Waals surface area (Å²) in [6, 6.07) is 17.4. The fourth-order valence-electron chi connectivity index (χ4n) is 2.78. The van der Waals surface area contributed by atoms with Gasteiger partial charge in [0.05, 0.1) is 5.60 Å². The van der Waals surface area contributed by atoms with Gasteiger partial charge in [-0.3, -0.25) is 0 Å². The Bertz CT molecular complexity index is 833. The number of hydrogen-bond donors (Lipinski definition) is 2. The molecule has 0 atom stereocenters. The number of phenols is 1. The summed E-state index contributed by atoms with van der Waals surface area (Å²) in [6.07, 6.45) is 0. The van der Waals surface area contributed by atoms with Gasteiger partial charge in [-0.1, -0.05) is 52.3 Å². The van der Waals surface area contributed by atoms with Gasteiger partial charge in [-0.2, -0.15) is 0 Å². The van der Waals surface area contributed by atoms with E-state index >= 15 is 0 Å². The third-order valence-electron chi connectivity index (χ3n) is 3.80. The quantitative estimate of drug-likeness (QED) is 0.662. The summed E-state index contributed by atoms with van der Waals surface area (Å²) in [6.45, 7) is 3.47. The van der Waals surface area contributed by atoms with Crippen LogP contribution in [-0.2, 0) is 5.60 Å². The molecule has 3 rings (SSSR count). The maximum atomic E-state index is 10.5. The molecule has 0 amide bonds. The standard InChI is InChI=1S/C19H17BrO2/c1-19(2,22)16-11-17(21)15-10-13(20)8-9-14(15)18(16)12-6-4-3-5-7-12/h3-11,21-22H,1-2H3. The highest BCUT2D eigenvalue weighted by Crippen LogP contribution is 2.42. The van der Waals surface area contributed by atoms with Gasteiger partial charge in [0.25, 0.3) is 0 Å². The number of aliphatic hydroxyl groups is 1. The third-order valence-corrected chi connectivity index (χ3v) is 4.29. The van der Waals surface area contributed by atoms with Crippen LogP contribution in [0, 0.1) is 0 Å². The zero-order chi connectivity index (χ0) is 15.9. The van der Waals surface area contributed by atoms with Gasteiger partial charge in [0.15, 0.2) is 0 Å². The smallest absolute Gasteiger partial charge is 0.123 e. The molecule has 0 spiro atoms. The number of rotatable bonds is 2. The molecule has 0 radical (unpaired) electrons. The van der Waals surface area contributed by atoms with Crippen molar-refractivity contribution in [3.05, 3.63) is 64.6 Å². The van der Waals surface area contributed by atoms with E-state index < -0.39 is 5.60 Å². The minimum atomic E-state index is -1.05. The zero-order valence-corrected chi connectivity index (χ0v) is 14.1. The predicted molar refractivity (Wildman–Crippen MR) is 94.0 cm³/mol. The normalized spacial score (nSPS) is 11.8. The molecule has 22 heavy (non-hydrogen) atoms. The maximum absolute atomic E-state index is 10.5. The Kier molecular flexibility index (Phi) is 3.71. The van der Waals surface area contributed by atoms with E-state index in [1.807, 2.05) is 48.5 Å². The number of benzene rings is 3. The van der Waals surface area contributed by atoms with E-state index in [0.29, 0.717) is 5.56 Å². The minimum absolute atomic E-state index is 0.174. The third kappa shape index (κ3) is 2.62. The van der Waals surface area contributed by atoms with Gasteiger partial charge in [-0.05, 0) is 54.1 Å². The molecule has 0 bridgehead atoms. The van der Waals surface area contributed by atoms with E-state index in [1.165, 1.54) is 0 Å². The first kappa shape index (κ1) is 15.1. The van der Waals surface area contributed by atoms with Crippen LogP contribution in [0.15, 0.2) is 59.1 Å². The largest absolute Gasteiger partial charge is 0.507 e. The van der Waals surface area contributed by atoms with Crippen LogP contribution in [0.1, 0.15) is 19.4 Å². The molecule has 2 nitrogen and oxygen atoms in total. The number of hydrogen-bond acceptors (Lipinski definition) is 2. The van der Waals surface area contributed by atoms with Crippen LogP contribution in [0.2, 0.25) is 0 Å². The van der Waals surface area contributed by atoms with Crippen molar-refractivity contribution >= 4 is 26.7 Å². The van der Waals surface area contributed by atoms with Crippen LogP contribution in [-0.4, -0.2) is 10.2 Å². The lowest BCUT2D eigenvalue weighted by atomic mass is 9.85. The van der Waals surface area contributed by atoms with E-state index in [9.17, 15) is 10.2 Å². The fraction of sp³-hybridized carbons (Fsp3) is 0.158. The molecule has 3 aromatic carbocycles. The van der Waals surface area contributed by atoms with E-state index in [2.05, 4.69) is 15.9 Å². The van der Waals surface area contributed by atoms with Crippen LogP contribution < -0.4 is 0 Å². The van der Waals surface area contributed by atoms with E-state index in [-0.39, 0.29) is 5.75 Å². The van der Waals surface area contributed by atoms with E-state index in [0.717, 1.165) is 26.4 Å². The van der Waals surface area contributed by atoms with Crippen LogP contribution in [0.25, 0.3) is 21.9 Å². The molecule has 112 valence electrons. The molecule has 0 fully saturated rings. The molecule has 2 N–H and O–H groups in total. The molecule has 0 aliphatic carbocycles. The predicted octanol–water partition coefficient (Wildman–Crippen LogP) is 5.20. The minimum Gasteiger partial charge on any atom is -0.507 e. The summed E-state index contributed by atoms with van der Waals surface area (Å²) in [5.74, 6) is 0.174. The van der Waals surface area contributed by atoms with Crippen molar-refractivity contribution in [3.8, 4) is 16.9 Å². The van der Waals surface area contributed by atoms with Crippen molar-refractivity contribution in [3.63, 3.8) is 0 Å². The lowest BCUT2D eigenvalue weighted by molar-refractivity contribution is 0.0791. The number of phenolic OH excluding ortho intramolecular Hbond substituents is 1. The Labute approximate surface area is 138 Å². The van der Waals surface area contributed by atoms with E-state index in [4.69, 9.17) is 0 Å². The molecule has 0 unspecified atom stereocenters. The van der Waals surface area contributed by atoms with Gasteiger partial charge >= 0.3 is 0 Å². The molecular formula is C19H17BrO2. The van der Waals surface area contributed by atoms with Crippen LogP contribution >= 0.6 is 15.9 Å². The Balaban J connectivity index is 2.47. The highest BCUT2D eigenvalue weighted by atomic mass is 79.9. The van der Waals surface area contributed by atoms with Crippen LogP contribution in [0.5, 0.6) is 5.75 Å². The molecule has 0 saturated heterocycles. The molecule has 3 aromatic rings. The topological polar surface area (TPSA) is 40.5 Å². The summed E-state index contributed by atoms with van der Waals surface area (Å²) in [5.41, 5.74) is 1.63. The monoisotopic (exact) mass is 356 g/mol. The number of halogens is 1. The van der Waals surface area contributed by atoms with Gasteiger partial charge in [0.1, 0.15) is 5.75 Å². The first-order chi connectivity index (χ1) is 10.4. The Morgan fingerprint density at radius 1 is 0.909 bits per heavy atom. The molecule has 0 heterocycles.